The summed E-state index contributed by atoms with van der Waals surface area (Å²) in [6.07, 6.45) is 1.17. The molecule has 0 radical (unpaired) electrons. The van der Waals surface area contributed by atoms with Crippen molar-refractivity contribution in [2.24, 2.45) is 0 Å². The van der Waals surface area contributed by atoms with E-state index in [9.17, 15) is 8.78 Å². The first-order valence-corrected chi connectivity index (χ1v) is 4.38. The zero-order valence-corrected chi connectivity index (χ0v) is 7.74. The molecule has 0 spiro atoms. The van der Waals surface area contributed by atoms with Crippen molar-refractivity contribution < 1.29 is 23.4 Å². The van der Waals surface area contributed by atoms with Crippen LogP contribution in [0, 0.1) is 0 Å². The average molecular weight is 217 g/mol. The van der Waals surface area contributed by atoms with E-state index in [-0.39, 0.29) is 5.75 Å². The van der Waals surface area contributed by atoms with Crippen molar-refractivity contribution in [2.75, 3.05) is 19.8 Å². The first-order valence-electron chi connectivity index (χ1n) is 4.38. The van der Waals surface area contributed by atoms with Crippen molar-refractivity contribution >= 4 is 0 Å². The van der Waals surface area contributed by atoms with Crippen molar-refractivity contribution in [1.29, 1.82) is 0 Å². The number of aromatic nitrogens is 1. The Hall–Kier alpha value is -1.43. The summed E-state index contributed by atoms with van der Waals surface area (Å²) in [6.45, 7) is -0.578. The molecular weight excluding hydrogens is 208 g/mol. The molecule has 4 nitrogen and oxygen atoms in total. The molecule has 2 rings (SSSR count). The summed E-state index contributed by atoms with van der Waals surface area (Å²) in [5, 5.41) is 8.49. The number of rotatable bonds is 2. The molecule has 1 aliphatic rings. The van der Waals surface area contributed by atoms with Gasteiger partial charge in [0.05, 0.1) is 6.20 Å². The van der Waals surface area contributed by atoms with Crippen molar-refractivity contribution in [3.8, 4) is 11.5 Å². The van der Waals surface area contributed by atoms with Gasteiger partial charge in [-0.2, -0.15) is 8.78 Å². The number of nitrogens with zero attached hydrogens (tertiary/aromatic N) is 1. The van der Waals surface area contributed by atoms with Crippen LogP contribution in [-0.4, -0.2) is 29.9 Å². The van der Waals surface area contributed by atoms with Crippen LogP contribution >= 0.6 is 0 Å². The largest absolute Gasteiger partial charge is 0.486 e. The second-order valence-electron chi connectivity index (χ2n) is 3.08. The van der Waals surface area contributed by atoms with Gasteiger partial charge in [0.15, 0.2) is 11.5 Å². The summed E-state index contributed by atoms with van der Waals surface area (Å²) in [7, 11) is 0. The van der Waals surface area contributed by atoms with Gasteiger partial charge in [0.25, 0.3) is 0 Å². The summed E-state index contributed by atoms with van der Waals surface area (Å²) in [4.78, 5) is 3.52. The number of aliphatic hydroxyl groups excluding tert-OH is 1. The van der Waals surface area contributed by atoms with Crippen LogP contribution < -0.4 is 9.47 Å². The van der Waals surface area contributed by atoms with Gasteiger partial charge in [-0.15, -0.1) is 0 Å². The third kappa shape index (κ3) is 1.85. The minimum atomic E-state index is -3.35. The van der Waals surface area contributed by atoms with E-state index in [1.807, 2.05) is 0 Å². The maximum absolute atomic E-state index is 13.0. The lowest BCUT2D eigenvalue weighted by Gasteiger charge is -2.20. The molecule has 1 aromatic heterocycles. The SMILES string of the molecule is OCC(F)(F)c1cc2c(cn1)OCCO2. The topological polar surface area (TPSA) is 51.6 Å². The minimum Gasteiger partial charge on any atom is -0.486 e. The molecule has 0 saturated heterocycles. The third-order valence-corrected chi connectivity index (χ3v) is 2.00. The number of hydrogen-bond donors (Lipinski definition) is 1. The van der Waals surface area contributed by atoms with Gasteiger partial charge in [0.1, 0.15) is 25.5 Å². The molecule has 1 aliphatic heterocycles. The Balaban J connectivity index is 2.36. The Kier molecular flexibility index (Phi) is 2.44. The Bertz CT molecular complexity index is 370. The smallest absolute Gasteiger partial charge is 0.312 e. The van der Waals surface area contributed by atoms with Gasteiger partial charge in [-0.25, -0.2) is 0 Å². The monoisotopic (exact) mass is 217 g/mol. The maximum Gasteiger partial charge on any atom is 0.312 e. The van der Waals surface area contributed by atoms with Crippen LogP contribution in [0.3, 0.4) is 0 Å². The zero-order valence-electron chi connectivity index (χ0n) is 7.74. The summed E-state index contributed by atoms with van der Waals surface area (Å²) in [5.41, 5.74) is -0.519. The highest BCUT2D eigenvalue weighted by atomic mass is 19.3. The average Bonchev–Trinajstić information content (AvgIpc) is 2.28. The Morgan fingerprint density at radius 3 is 2.67 bits per heavy atom. The predicted octanol–water partition coefficient (Wildman–Crippen LogP) is 0.937. The van der Waals surface area contributed by atoms with Crippen LogP contribution in [0.5, 0.6) is 11.5 Å². The molecule has 6 heteroatoms. The molecule has 2 heterocycles. The number of ether oxygens (including phenoxy) is 2. The van der Waals surface area contributed by atoms with Crippen molar-refractivity contribution in [3.05, 3.63) is 18.0 Å². The van der Waals surface area contributed by atoms with Gasteiger partial charge < -0.3 is 14.6 Å². The molecule has 82 valence electrons. The van der Waals surface area contributed by atoms with Gasteiger partial charge >= 0.3 is 5.92 Å². The summed E-state index contributed by atoms with van der Waals surface area (Å²) >= 11 is 0. The highest BCUT2D eigenvalue weighted by Crippen LogP contribution is 2.34. The molecule has 0 atom stereocenters. The van der Waals surface area contributed by atoms with Crippen LogP contribution in [0.2, 0.25) is 0 Å². The lowest BCUT2D eigenvalue weighted by atomic mass is 10.2. The minimum absolute atomic E-state index is 0.236. The molecule has 0 aromatic carbocycles. The Labute approximate surface area is 84.5 Å². The quantitative estimate of drug-likeness (QED) is 0.800. The van der Waals surface area contributed by atoms with Crippen LogP contribution in [0.4, 0.5) is 8.78 Å². The first kappa shape index (κ1) is 10.1. The van der Waals surface area contributed by atoms with Crippen molar-refractivity contribution in [3.63, 3.8) is 0 Å². The Morgan fingerprint density at radius 2 is 2.00 bits per heavy atom. The normalized spacial score (nSPS) is 15.1. The molecule has 0 aliphatic carbocycles. The second kappa shape index (κ2) is 3.62. The number of alkyl halides is 2. The van der Waals surface area contributed by atoms with Crippen molar-refractivity contribution in [1.82, 2.24) is 4.98 Å². The van der Waals surface area contributed by atoms with Gasteiger partial charge in [0, 0.05) is 6.07 Å². The van der Waals surface area contributed by atoms with Gasteiger partial charge in [0.2, 0.25) is 0 Å². The highest BCUT2D eigenvalue weighted by molar-refractivity contribution is 5.40. The number of fused-ring (bicyclic) bond motifs is 1. The third-order valence-electron chi connectivity index (χ3n) is 2.00. The first-order chi connectivity index (χ1) is 7.13. The molecule has 1 N–H and O–H groups in total. The van der Waals surface area contributed by atoms with Gasteiger partial charge in [-0.3, -0.25) is 4.98 Å². The molecule has 0 unspecified atom stereocenters. The summed E-state index contributed by atoms with van der Waals surface area (Å²) in [5.74, 6) is -2.77. The fourth-order valence-electron chi connectivity index (χ4n) is 1.23. The number of halogens is 2. The van der Waals surface area contributed by atoms with Crippen LogP contribution in [0.15, 0.2) is 12.3 Å². The lowest BCUT2D eigenvalue weighted by Crippen LogP contribution is -2.22. The van der Waals surface area contributed by atoms with E-state index >= 15 is 0 Å². The lowest BCUT2D eigenvalue weighted by molar-refractivity contribution is -0.0595. The highest BCUT2D eigenvalue weighted by Gasteiger charge is 2.33. The van der Waals surface area contributed by atoms with E-state index in [1.54, 1.807) is 0 Å². The van der Waals surface area contributed by atoms with Crippen LogP contribution in [0.25, 0.3) is 0 Å². The van der Waals surface area contributed by atoms with Gasteiger partial charge in [-0.05, 0) is 0 Å². The van der Waals surface area contributed by atoms with Crippen molar-refractivity contribution in [2.45, 2.75) is 5.92 Å². The molecule has 0 fully saturated rings. The molecule has 0 amide bonds. The van der Waals surface area contributed by atoms with E-state index < -0.39 is 18.2 Å². The van der Waals surface area contributed by atoms with Gasteiger partial charge in [-0.1, -0.05) is 0 Å². The van der Waals surface area contributed by atoms with E-state index in [4.69, 9.17) is 14.6 Å². The fourth-order valence-corrected chi connectivity index (χ4v) is 1.23. The molecule has 0 saturated carbocycles. The van der Waals surface area contributed by atoms with Crippen LogP contribution in [-0.2, 0) is 5.92 Å². The maximum atomic E-state index is 13.0. The number of hydrogen-bond acceptors (Lipinski definition) is 4. The predicted molar refractivity (Wildman–Crippen MR) is 46.2 cm³/mol. The number of pyridine rings is 1. The second-order valence-corrected chi connectivity index (χ2v) is 3.08. The molecule has 1 aromatic rings. The number of aliphatic hydroxyl groups is 1. The molecular formula is C9H9F2NO3. The standard InChI is InChI=1S/C9H9F2NO3/c10-9(11,5-13)8-3-6-7(4-12-8)15-2-1-14-6/h3-4,13H,1-2,5H2. The summed E-state index contributed by atoms with van der Waals surface area (Å²) in [6, 6.07) is 1.09. The molecule has 15 heavy (non-hydrogen) atoms. The van der Waals surface area contributed by atoms with E-state index in [1.165, 1.54) is 6.20 Å². The summed E-state index contributed by atoms with van der Waals surface area (Å²) < 4.78 is 36.3. The van der Waals surface area contributed by atoms with Crippen LogP contribution in [0.1, 0.15) is 5.69 Å². The molecule has 0 bridgehead atoms. The van der Waals surface area contributed by atoms with E-state index in [0.717, 1.165) is 6.07 Å². The van der Waals surface area contributed by atoms with E-state index in [0.29, 0.717) is 19.0 Å². The zero-order chi connectivity index (χ0) is 10.9. The van der Waals surface area contributed by atoms with E-state index in [2.05, 4.69) is 4.98 Å². The Morgan fingerprint density at radius 1 is 1.33 bits per heavy atom. The fraction of sp³-hybridized carbons (Fsp3) is 0.444.